The van der Waals surface area contributed by atoms with Crippen LogP contribution in [0.3, 0.4) is 0 Å². The first kappa shape index (κ1) is 8.23. The van der Waals surface area contributed by atoms with Crippen LogP contribution >= 0.6 is 0 Å². The van der Waals surface area contributed by atoms with E-state index >= 15 is 0 Å². The summed E-state index contributed by atoms with van der Waals surface area (Å²) in [4.78, 5) is 22.1. The Morgan fingerprint density at radius 2 is 1.93 bits per heavy atom. The number of hydrogen-bond donors (Lipinski definition) is 3. The van der Waals surface area contributed by atoms with E-state index in [1.165, 1.54) is 0 Å². The Balaban J connectivity index is 2.06. The van der Waals surface area contributed by atoms with Gasteiger partial charge in [0.1, 0.15) is 5.54 Å². The lowest BCUT2D eigenvalue weighted by atomic mass is 9.90. The maximum atomic E-state index is 11.1. The van der Waals surface area contributed by atoms with Gasteiger partial charge < -0.3 is 15.9 Å². The van der Waals surface area contributed by atoms with Crippen LogP contribution in [-0.2, 0) is 9.59 Å². The van der Waals surface area contributed by atoms with Gasteiger partial charge in [0.2, 0.25) is 0 Å². The largest absolute Gasteiger partial charge is 0.481 e. The third-order valence-electron chi connectivity index (χ3n) is 4.59. The van der Waals surface area contributed by atoms with Crippen LogP contribution < -0.4 is 5.73 Å². The van der Waals surface area contributed by atoms with Crippen molar-refractivity contribution >= 4 is 11.9 Å². The number of carbonyl (C=O) groups is 2. The molecule has 4 aliphatic carbocycles. The van der Waals surface area contributed by atoms with E-state index in [-0.39, 0.29) is 17.8 Å². The molecule has 2 unspecified atom stereocenters. The van der Waals surface area contributed by atoms with E-state index in [1.54, 1.807) is 0 Å². The summed E-state index contributed by atoms with van der Waals surface area (Å²) < 4.78 is 0. The average molecular weight is 197 g/mol. The normalized spacial score (nSPS) is 57.4. The molecule has 4 aliphatic rings. The molecule has 14 heavy (non-hydrogen) atoms. The van der Waals surface area contributed by atoms with Gasteiger partial charge in [0, 0.05) is 5.92 Å². The van der Waals surface area contributed by atoms with Crippen molar-refractivity contribution in [2.45, 2.75) is 18.4 Å². The van der Waals surface area contributed by atoms with Gasteiger partial charge in [-0.3, -0.25) is 9.59 Å². The molecule has 0 saturated heterocycles. The van der Waals surface area contributed by atoms with E-state index < -0.39 is 22.9 Å². The van der Waals surface area contributed by atoms with Crippen LogP contribution in [0.4, 0.5) is 0 Å². The van der Waals surface area contributed by atoms with Gasteiger partial charge in [0.25, 0.3) is 0 Å². The molecular weight excluding hydrogens is 186 g/mol. The Bertz CT molecular complexity index is 368. The van der Waals surface area contributed by atoms with Gasteiger partial charge in [-0.2, -0.15) is 0 Å². The van der Waals surface area contributed by atoms with Crippen molar-refractivity contribution in [3.05, 3.63) is 0 Å². The number of aliphatic carboxylic acids is 2. The summed E-state index contributed by atoms with van der Waals surface area (Å²) in [6.45, 7) is 0. The predicted molar refractivity (Wildman–Crippen MR) is 44.3 cm³/mol. The first-order chi connectivity index (χ1) is 6.45. The van der Waals surface area contributed by atoms with Crippen LogP contribution in [0.1, 0.15) is 12.8 Å². The van der Waals surface area contributed by atoms with Gasteiger partial charge >= 0.3 is 11.9 Å². The molecule has 0 heterocycles. The highest BCUT2D eigenvalue weighted by molar-refractivity contribution is 5.90. The maximum absolute atomic E-state index is 11.1. The third-order valence-corrected chi connectivity index (χ3v) is 4.59. The van der Waals surface area contributed by atoms with Gasteiger partial charge in [-0.05, 0) is 24.7 Å². The van der Waals surface area contributed by atoms with E-state index in [2.05, 4.69) is 0 Å². The molecule has 0 spiro atoms. The zero-order valence-corrected chi connectivity index (χ0v) is 7.43. The van der Waals surface area contributed by atoms with Crippen molar-refractivity contribution in [3.63, 3.8) is 0 Å². The number of hydrogen-bond acceptors (Lipinski definition) is 3. The highest BCUT2D eigenvalue weighted by Gasteiger charge is 2.88. The van der Waals surface area contributed by atoms with Gasteiger partial charge in [-0.25, -0.2) is 0 Å². The second kappa shape index (κ2) is 1.82. The van der Waals surface area contributed by atoms with Crippen LogP contribution in [0.5, 0.6) is 0 Å². The topological polar surface area (TPSA) is 101 Å². The fourth-order valence-corrected chi connectivity index (χ4v) is 4.00. The second-order valence-corrected chi connectivity index (χ2v) is 4.80. The molecule has 0 radical (unpaired) electrons. The summed E-state index contributed by atoms with van der Waals surface area (Å²) in [5, 5.41) is 18.1. The van der Waals surface area contributed by atoms with E-state index in [9.17, 15) is 9.59 Å². The SMILES string of the molecule is NC1(C(=O)O)C2C[C@@H]3[C@H]1[C@]3(C(=O)O)C2. The molecule has 5 heteroatoms. The number of nitrogens with two attached hydrogens (primary N) is 1. The average Bonchev–Trinajstić information content (AvgIpc) is 2.45. The summed E-state index contributed by atoms with van der Waals surface area (Å²) in [7, 11) is 0. The highest BCUT2D eigenvalue weighted by Crippen LogP contribution is 2.81. The summed E-state index contributed by atoms with van der Waals surface area (Å²) >= 11 is 0. The standard InChI is InChI=1S/C9H11NO4/c10-9(7(13)14)3-1-4-5(9)8(4,2-3)6(11)12/h3-5H,1-2,10H2,(H,11,12)(H,13,14)/t3?,4-,5+,8+,9?/m1/s1. The minimum atomic E-state index is -1.26. The monoisotopic (exact) mass is 197 g/mol. The van der Waals surface area contributed by atoms with Crippen molar-refractivity contribution in [1.29, 1.82) is 0 Å². The fraction of sp³-hybridized carbons (Fsp3) is 0.778. The smallest absolute Gasteiger partial charge is 0.324 e. The Morgan fingerprint density at radius 1 is 1.29 bits per heavy atom. The molecule has 5 nitrogen and oxygen atoms in total. The van der Waals surface area contributed by atoms with Crippen LogP contribution in [0.15, 0.2) is 0 Å². The summed E-state index contributed by atoms with van der Waals surface area (Å²) in [5.74, 6) is -2.33. The fourth-order valence-electron chi connectivity index (χ4n) is 4.00. The van der Waals surface area contributed by atoms with Crippen LogP contribution in [0.25, 0.3) is 0 Å². The summed E-state index contributed by atoms with van der Waals surface area (Å²) in [5.41, 5.74) is 3.79. The zero-order valence-electron chi connectivity index (χ0n) is 7.43. The van der Waals surface area contributed by atoms with Gasteiger partial charge in [-0.1, -0.05) is 0 Å². The summed E-state index contributed by atoms with van der Waals surface area (Å²) in [6.07, 6.45) is 1.14. The molecule has 5 atom stereocenters. The molecular formula is C9H11NO4. The van der Waals surface area contributed by atoms with E-state index in [0.717, 1.165) is 0 Å². The van der Waals surface area contributed by atoms with Crippen LogP contribution in [-0.4, -0.2) is 27.7 Å². The van der Waals surface area contributed by atoms with Crippen LogP contribution in [0, 0.1) is 23.2 Å². The zero-order chi connectivity index (χ0) is 10.3. The summed E-state index contributed by atoms with van der Waals surface area (Å²) in [6, 6.07) is 0. The molecule has 0 aliphatic heterocycles. The van der Waals surface area contributed by atoms with Crippen LogP contribution in [0.2, 0.25) is 0 Å². The predicted octanol–water partition coefficient (Wildman–Crippen LogP) is -0.491. The molecule has 0 aromatic carbocycles. The minimum Gasteiger partial charge on any atom is -0.481 e. The third kappa shape index (κ3) is 0.507. The lowest BCUT2D eigenvalue weighted by molar-refractivity contribution is -0.145. The van der Waals surface area contributed by atoms with E-state index in [4.69, 9.17) is 15.9 Å². The molecule has 76 valence electrons. The molecule has 4 N–H and O–H groups in total. The van der Waals surface area contributed by atoms with Crippen molar-refractivity contribution in [2.24, 2.45) is 28.9 Å². The quantitative estimate of drug-likeness (QED) is 0.554. The van der Waals surface area contributed by atoms with Gasteiger partial charge in [0.15, 0.2) is 0 Å². The number of carboxylic acid groups (broad SMARTS) is 2. The number of carboxylic acids is 2. The van der Waals surface area contributed by atoms with Crippen molar-refractivity contribution in [3.8, 4) is 0 Å². The van der Waals surface area contributed by atoms with Gasteiger partial charge in [-0.15, -0.1) is 0 Å². The molecule has 0 aromatic rings. The Morgan fingerprint density at radius 3 is 2.21 bits per heavy atom. The first-order valence-electron chi connectivity index (χ1n) is 4.71. The van der Waals surface area contributed by atoms with Gasteiger partial charge in [0.05, 0.1) is 5.41 Å². The van der Waals surface area contributed by atoms with Crippen molar-refractivity contribution in [2.75, 3.05) is 0 Å². The molecule has 4 bridgehead atoms. The Kier molecular flexibility index (Phi) is 1.07. The maximum Gasteiger partial charge on any atom is 0.324 e. The number of rotatable bonds is 2. The van der Waals surface area contributed by atoms with Crippen molar-refractivity contribution < 1.29 is 19.8 Å². The van der Waals surface area contributed by atoms with E-state index in [0.29, 0.717) is 12.8 Å². The molecule has 4 saturated carbocycles. The highest BCUT2D eigenvalue weighted by atomic mass is 16.4. The lowest BCUT2D eigenvalue weighted by Crippen LogP contribution is -2.51. The molecule has 4 fully saturated rings. The Hall–Kier alpha value is -1.10. The molecule has 0 amide bonds. The molecule has 4 rings (SSSR count). The van der Waals surface area contributed by atoms with Crippen molar-refractivity contribution in [1.82, 2.24) is 0 Å². The van der Waals surface area contributed by atoms with E-state index in [1.807, 2.05) is 0 Å². The second-order valence-electron chi connectivity index (χ2n) is 4.80. The lowest BCUT2D eigenvalue weighted by Gasteiger charge is -2.22. The first-order valence-corrected chi connectivity index (χ1v) is 4.71. The molecule has 0 aromatic heterocycles. The Labute approximate surface area is 79.9 Å². The minimum absolute atomic E-state index is 0.0195.